The number of nitriles is 1. The Morgan fingerprint density at radius 3 is 2.67 bits per heavy atom. The lowest BCUT2D eigenvalue weighted by molar-refractivity contribution is -0.125. The van der Waals surface area contributed by atoms with Crippen LogP contribution in [0.1, 0.15) is 37.3 Å². The number of rotatable bonds is 3. The Balaban J connectivity index is 2.08. The molecule has 3 nitrogen and oxygen atoms in total. The van der Waals surface area contributed by atoms with E-state index < -0.39 is 6.04 Å². The Bertz CT molecular complexity index is 475. The van der Waals surface area contributed by atoms with Gasteiger partial charge in [0.1, 0.15) is 6.04 Å². The van der Waals surface area contributed by atoms with Gasteiger partial charge in [0.05, 0.1) is 6.07 Å². The van der Waals surface area contributed by atoms with E-state index in [1.807, 2.05) is 6.07 Å². The third-order valence-corrected chi connectivity index (χ3v) is 3.70. The van der Waals surface area contributed by atoms with Crippen LogP contribution in [-0.4, -0.2) is 5.91 Å². The number of hydrogen-bond acceptors (Lipinski definition) is 2. The van der Waals surface area contributed by atoms with E-state index in [-0.39, 0.29) is 11.8 Å². The average Bonchev–Trinajstić information content (AvgIpc) is 2.90. The van der Waals surface area contributed by atoms with Gasteiger partial charge in [0.15, 0.2) is 0 Å². The predicted octanol–water partition coefficient (Wildman–Crippen LogP) is 3.21. The molecule has 0 heterocycles. The molecule has 2 rings (SSSR count). The van der Waals surface area contributed by atoms with E-state index in [9.17, 15) is 10.1 Å². The van der Waals surface area contributed by atoms with Crippen LogP contribution < -0.4 is 5.32 Å². The lowest BCUT2D eigenvalue weighted by Gasteiger charge is -2.16. The van der Waals surface area contributed by atoms with Gasteiger partial charge in [-0.05, 0) is 18.9 Å². The van der Waals surface area contributed by atoms with Crippen LogP contribution in [0.15, 0.2) is 24.3 Å². The first-order chi connectivity index (χ1) is 8.72. The van der Waals surface area contributed by atoms with E-state index in [0.717, 1.165) is 25.7 Å². The summed E-state index contributed by atoms with van der Waals surface area (Å²) in [6.07, 6.45) is 4.04. The topological polar surface area (TPSA) is 52.9 Å². The molecular weight excluding hydrogens is 248 g/mol. The fourth-order valence-electron chi connectivity index (χ4n) is 2.34. The SMILES string of the molecule is N#C[C@@H](NC(=O)C1CCCC1)c1ccccc1Cl. The molecule has 0 unspecified atom stereocenters. The molecule has 94 valence electrons. The van der Waals surface area contributed by atoms with Crippen molar-refractivity contribution >= 4 is 17.5 Å². The van der Waals surface area contributed by atoms with E-state index in [4.69, 9.17) is 11.6 Å². The third-order valence-electron chi connectivity index (χ3n) is 3.36. The maximum atomic E-state index is 12.0. The van der Waals surface area contributed by atoms with Gasteiger partial charge >= 0.3 is 0 Å². The van der Waals surface area contributed by atoms with Gasteiger partial charge in [-0.1, -0.05) is 42.6 Å². The van der Waals surface area contributed by atoms with Crippen molar-refractivity contribution in [2.24, 2.45) is 5.92 Å². The summed E-state index contributed by atoms with van der Waals surface area (Å²) in [4.78, 5) is 12.0. The van der Waals surface area contributed by atoms with Gasteiger partial charge in [0.25, 0.3) is 0 Å². The predicted molar refractivity (Wildman–Crippen MR) is 69.9 cm³/mol. The molecule has 1 fully saturated rings. The van der Waals surface area contributed by atoms with Crippen LogP contribution in [0.3, 0.4) is 0 Å². The maximum Gasteiger partial charge on any atom is 0.224 e. The Kier molecular flexibility index (Phi) is 4.22. The smallest absolute Gasteiger partial charge is 0.224 e. The molecule has 1 N–H and O–H groups in total. The quantitative estimate of drug-likeness (QED) is 0.909. The first kappa shape index (κ1) is 12.9. The molecule has 0 saturated heterocycles. The highest BCUT2D eigenvalue weighted by atomic mass is 35.5. The second-order valence-electron chi connectivity index (χ2n) is 4.57. The van der Waals surface area contributed by atoms with Crippen molar-refractivity contribution < 1.29 is 4.79 Å². The molecule has 1 amide bonds. The number of halogens is 1. The molecule has 0 radical (unpaired) electrons. The highest BCUT2D eigenvalue weighted by molar-refractivity contribution is 6.31. The van der Waals surface area contributed by atoms with Crippen LogP contribution in [0, 0.1) is 17.2 Å². The summed E-state index contributed by atoms with van der Waals surface area (Å²) < 4.78 is 0. The molecule has 0 bridgehead atoms. The van der Waals surface area contributed by atoms with Crippen molar-refractivity contribution in [3.8, 4) is 6.07 Å². The third kappa shape index (κ3) is 2.83. The summed E-state index contributed by atoms with van der Waals surface area (Å²) >= 11 is 6.04. The minimum absolute atomic E-state index is 0.0287. The molecule has 0 aromatic heterocycles. The zero-order valence-electron chi connectivity index (χ0n) is 10.0. The number of nitrogens with one attached hydrogen (secondary N) is 1. The molecule has 4 heteroatoms. The molecule has 0 aliphatic heterocycles. The van der Waals surface area contributed by atoms with Crippen LogP contribution in [0.2, 0.25) is 5.02 Å². The monoisotopic (exact) mass is 262 g/mol. The van der Waals surface area contributed by atoms with Gasteiger partial charge in [-0.3, -0.25) is 4.79 Å². The molecule has 18 heavy (non-hydrogen) atoms. The molecule has 0 spiro atoms. The molecule has 1 aromatic rings. The highest BCUT2D eigenvalue weighted by Crippen LogP contribution is 2.27. The van der Waals surface area contributed by atoms with E-state index in [1.165, 1.54) is 0 Å². The average molecular weight is 263 g/mol. The lowest BCUT2D eigenvalue weighted by atomic mass is 10.0. The van der Waals surface area contributed by atoms with Crippen LogP contribution in [0.25, 0.3) is 0 Å². The number of amides is 1. The van der Waals surface area contributed by atoms with Crippen molar-refractivity contribution in [3.05, 3.63) is 34.9 Å². The Hall–Kier alpha value is -1.53. The fraction of sp³-hybridized carbons (Fsp3) is 0.429. The standard InChI is InChI=1S/C14H15ClN2O/c15-12-8-4-3-7-11(12)13(9-16)17-14(18)10-5-1-2-6-10/h3-4,7-8,10,13H,1-2,5-6H2,(H,17,18)/t13-/m1/s1. The second-order valence-corrected chi connectivity index (χ2v) is 4.98. The summed E-state index contributed by atoms with van der Waals surface area (Å²) in [5.74, 6) is 0.0299. The van der Waals surface area contributed by atoms with Gasteiger partial charge in [0.2, 0.25) is 5.91 Å². The van der Waals surface area contributed by atoms with Gasteiger partial charge in [-0.25, -0.2) is 0 Å². The van der Waals surface area contributed by atoms with Crippen molar-refractivity contribution in [1.82, 2.24) is 5.32 Å². The summed E-state index contributed by atoms with van der Waals surface area (Å²) in [6.45, 7) is 0. The van der Waals surface area contributed by atoms with E-state index in [0.29, 0.717) is 10.6 Å². The summed E-state index contributed by atoms with van der Waals surface area (Å²) in [6, 6.07) is 8.55. The molecule has 1 atom stereocenters. The molecular formula is C14H15ClN2O. The van der Waals surface area contributed by atoms with E-state index in [1.54, 1.807) is 18.2 Å². The first-order valence-electron chi connectivity index (χ1n) is 6.17. The number of carbonyl (C=O) groups is 1. The first-order valence-corrected chi connectivity index (χ1v) is 6.54. The van der Waals surface area contributed by atoms with Gasteiger partial charge in [0, 0.05) is 16.5 Å². The Morgan fingerprint density at radius 2 is 2.06 bits per heavy atom. The Labute approximate surface area is 112 Å². The normalized spacial score (nSPS) is 17.1. The summed E-state index contributed by atoms with van der Waals surface area (Å²) in [7, 11) is 0. The fourth-order valence-corrected chi connectivity index (χ4v) is 2.58. The van der Waals surface area contributed by atoms with Crippen LogP contribution in [-0.2, 0) is 4.79 Å². The molecule has 1 saturated carbocycles. The minimum Gasteiger partial charge on any atom is -0.336 e. The zero-order valence-corrected chi connectivity index (χ0v) is 10.8. The minimum atomic E-state index is -0.660. The van der Waals surface area contributed by atoms with E-state index in [2.05, 4.69) is 11.4 Å². The van der Waals surface area contributed by atoms with Crippen molar-refractivity contribution in [2.75, 3.05) is 0 Å². The van der Waals surface area contributed by atoms with Gasteiger partial charge in [-0.15, -0.1) is 0 Å². The van der Waals surface area contributed by atoms with E-state index >= 15 is 0 Å². The number of nitrogens with zero attached hydrogens (tertiary/aromatic N) is 1. The summed E-state index contributed by atoms with van der Waals surface area (Å²) in [5, 5.41) is 12.5. The molecule has 1 aliphatic rings. The maximum absolute atomic E-state index is 12.0. The number of benzene rings is 1. The van der Waals surface area contributed by atoms with Crippen LogP contribution >= 0.6 is 11.6 Å². The van der Waals surface area contributed by atoms with Crippen LogP contribution in [0.4, 0.5) is 0 Å². The van der Waals surface area contributed by atoms with Gasteiger partial charge < -0.3 is 5.32 Å². The number of carbonyl (C=O) groups excluding carboxylic acids is 1. The zero-order chi connectivity index (χ0) is 13.0. The lowest BCUT2D eigenvalue weighted by Crippen LogP contribution is -2.32. The second kappa shape index (κ2) is 5.88. The number of hydrogen-bond donors (Lipinski definition) is 1. The van der Waals surface area contributed by atoms with Gasteiger partial charge in [-0.2, -0.15) is 5.26 Å². The molecule has 1 aromatic carbocycles. The van der Waals surface area contributed by atoms with Crippen molar-refractivity contribution in [2.45, 2.75) is 31.7 Å². The van der Waals surface area contributed by atoms with Crippen molar-refractivity contribution in [1.29, 1.82) is 5.26 Å². The summed E-state index contributed by atoms with van der Waals surface area (Å²) in [5.41, 5.74) is 0.660. The van der Waals surface area contributed by atoms with Crippen LogP contribution in [0.5, 0.6) is 0 Å². The Morgan fingerprint density at radius 1 is 1.39 bits per heavy atom. The molecule has 1 aliphatic carbocycles. The van der Waals surface area contributed by atoms with Crippen molar-refractivity contribution in [3.63, 3.8) is 0 Å². The highest BCUT2D eigenvalue weighted by Gasteiger charge is 2.25. The largest absolute Gasteiger partial charge is 0.336 e.